The second-order valence-electron chi connectivity index (χ2n) is 1.88. The van der Waals surface area contributed by atoms with Crippen molar-refractivity contribution in [3.63, 3.8) is 0 Å². The summed E-state index contributed by atoms with van der Waals surface area (Å²) in [6, 6.07) is 7.14. The van der Waals surface area contributed by atoms with Gasteiger partial charge in [0, 0.05) is 11.1 Å². The second kappa shape index (κ2) is 3.17. The van der Waals surface area contributed by atoms with Crippen LogP contribution >= 0.6 is 0 Å². The third-order valence-corrected chi connectivity index (χ3v) is 1.49. The third kappa shape index (κ3) is 1.70. The van der Waals surface area contributed by atoms with E-state index in [1.165, 1.54) is 5.37 Å². The van der Waals surface area contributed by atoms with Gasteiger partial charge in [0.2, 0.25) is 0 Å². The Hall–Kier alpha value is -1.09. The molecule has 0 aliphatic rings. The minimum atomic E-state index is 0.445. The highest BCUT2D eigenvalue weighted by Crippen LogP contribution is 2.01. The van der Waals surface area contributed by atoms with Crippen LogP contribution in [0.15, 0.2) is 24.3 Å². The van der Waals surface area contributed by atoms with Gasteiger partial charge in [0.15, 0.2) is 0 Å². The van der Waals surface area contributed by atoms with Crippen LogP contribution in [0.5, 0.6) is 0 Å². The molecule has 0 aliphatic carbocycles. The Bertz CT molecular complexity index is 261. The first-order valence-electron chi connectivity index (χ1n) is 2.80. The van der Waals surface area contributed by atoms with Crippen LogP contribution in [0.3, 0.4) is 0 Å². The van der Waals surface area contributed by atoms with E-state index in [4.69, 9.17) is 5.73 Å². The predicted molar refractivity (Wildman–Crippen MR) is 44.2 cm³/mol. The van der Waals surface area contributed by atoms with Crippen molar-refractivity contribution in [1.29, 1.82) is 0 Å². The average Bonchev–Trinajstić information content (AvgIpc) is 1.95. The Morgan fingerprint density at radius 2 is 1.90 bits per heavy atom. The number of hydrogen-bond donors (Lipinski definition) is 1. The molecule has 0 bridgehead atoms. The van der Waals surface area contributed by atoms with Gasteiger partial charge in [-0.15, -0.1) is 0 Å². The lowest BCUT2D eigenvalue weighted by Crippen LogP contribution is -1.84. The molecule has 1 rings (SSSR count). The lowest BCUT2D eigenvalue weighted by molar-refractivity contribution is 0.701. The molecule has 0 amide bonds. The Labute approximate surface area is 62.7 Å². The van der Waals surface area contributed by atoms with E-state index in [1.54, 1.807) is 24.3 Å². The van der Waals surface area contributed by atoms with Gasteiger partial charge in [-0.1, -0.05) is 12.1 Å². The number of benzene rings is 1. The van der Waals surface area contributed by atoms with Crippen LogP contribution in [0.1, 0.15) is 5.56 Å². The van der Waals surface area contributed by atoms with Crippen LogP contribution in [0.25, 0.3) is 0 Å². The predicted octanol–water partition coefficient (Wildman–Crippen LogP) is 0.632. The molecule has 0 radical (unpaired) electrons. The summed E-state index contributed by atoms with van der Waals surface area (Å²) in [5.41, 5.74) is 7.04. The highest BCUT2D eigenvalue weighted by Gasteiger charge is 1.84. The molecule has 0 heterocycles. The van der Waals surface area contributed by atoms with Gasteiger partial charge in [-0.25, -0.2) is 4.21 Å². The zero-order valence-corrected chi connectivity index (χ0v) is 6.10. The molecule has 1 aromatic rings. The van der Waals surface area contributed by atoms with Crippen molar-refractivity contribution in [3.8, 4) is 0 Å². The molecule has 2 N–H and O–H groups in total. The van der Waals surface area contributed by atoms with Crippen LogP contribution in [-0.2, 0) is 11.3 Å². The van der Waals surface area contributed by atoms with E-state index in [-0.39, 0.29) is 0 Å². The highest BCUT2D eigenvalue weighted by molar-refractivity contribution is 7.65. The summed E-state index contributed by atoms with van der Waals surface area (Å²) < 4.78 is 10.0. The molecule has 52 valence electrons. The maximum Gasteiger partial charge on any atom is 0.0891 e. The number of nitrogen functional groups attached to an aromatic ring is 1. The molecule has 0 spiro atoms. The molecule has 0 saturated carbocycles. The second-order valence-corrected chi connectivity index (χ2v) is 2.31. The molecule has 1 aromatic carbocycles. The number of hydrogen-bond acceptors (Lipinski definition) is 2. The number of nitrogens with two attached hydrogens (primary N) is 1. The molecule has 0 aromatic heterocycles. The van der Waals surface area contributed by atoms with Crippen molar-refractivity contribution < 1.29 is 4.21 Å². The minimum absolute atomic E-state index is 0.445. The maximum atomic E-state index is 10.0. The summed E-state index contributed by atoms with van der Waals surface area (Å²) in [7, 11) is 0. The van der Waals surface area contributed by atoms with Crippen LogP contribution in [0.4, 0.5) is 5.69 Å². The Kier molecular flexibility index (Phi) is 2.23. The van der Waals surface area contributed by atoms with Gasteiger partial charge in [-0.2, -0.15) is 0 Å². The molecule has 0 saturated heterocycles. The molecule has 2 nitrogen and oxygen atoms in total. The number of anilines is 1. The fourth-order valence-corrected chi connectivity index (χ4v) is 0.898. The van der Waals surface area contributed by atoms with E-state index in [2.05, 4.69) is 0 Å². The fourth-order valence-electron chi connectivity index (χ4n) is 0.630. The summed E-state index contributed by atoms with van der Waals surface area (Å²) in [4.78, 5) is 0. The highest BCUT2D eigenvalue weighted by atomic mass is 32.1. The zero-order valence-electron chi connectivity index (χ0n) is 5.28. The van der Waals surface area contributed by atoms with Gasteiger partial charge in [0.25, 0.3) is 0 Å². The van der Waals surface area contributed by atoms with Crippen LogP contribution in [0, 0.1) is 0 Å². The quantitative estimate of drug-likeness (QED) is 0.475. The van der Waals surface area contributed by atoms with E-state index < -0.39 is 0 Å². The van der Waals surface area contributed by atoms with Crippen molar-refractivity contribution >= 4 is 22.3 Å². The maximum absolute atomic E-state index is 10.0. The Morgan fingerprint density at radius 3 is 2.40 bits per heavy atom. The first kappa shape index (κ1) is 7.02. The van der Waals surface area contributed by atoms with E-state index in [0.29, 0.717) is 16.9 Å². The van der Waals surface area contributed by atoms with Crippen molar-refractivity contribution in [2.45, 2.75) is 0 Å². The van der Waals surface area contributed by atoms with E-state index in [0.717, 1.165) is 5.56 Å². The van der Waals surface area contributed by atoms with Crippen molar-refractivity contribution in [3.05, 3.63) is 29.8 Å². The van der Waals surface area contributed by atoms with E-state index in [9.17, 15) is 4.21 Å². The normalized spacial score (nSPS) is 8.80. The first-order valence-corrected chi connectivity index (χ1v) is 3.61. The first-order chi connectivity index (χ1) is 4.83. The molecule has 3 heteroatoms. The van der Waals surface area contributed by atoms with Gasteiger partial charge in [0.05, 0.1) is 11.3 Å². The van der Waals surface area contributed by atoms with Gasteiger partial charge in [-0.05, 0) is 17.7 Å². The molecule has 0 unspecified atom stereocenters. The van der Waals surface area contributed by atoms with Crippen LogP contribution < -0.4 is 5.73 Å². The summed E-state index contributed by atoms with van der Waals surface area (Å²) >= 11 is 0.445. The van der Waals surface area contributed by atoms with Gasteiger partial charge < -0.3 is 5.73 Å². The van der Waals surface area contributed by atoms with Crippen molar-refractivity contribution in [2.24, 2.45) is 0 Å². The van der Waals surface area contributed by atoms with Crippen LogP contribution in [0.2, 0.25) is 0 Å². The Balaban J connectivity index is 3.00. The summed E-state index contributed by atoms with van der Waals surface area (Å²) in [5.74, 6) is 0. The standard InChI is InChI=1S/C7H7NOS/c8-7-3-1-6(2-4-7)5-10-9/h1-5H,8H2. The molecular weight excluding hydrogens is 146 g/mol. The average molecular weight is 153 g/mol. The largest absolute Gasteiger partial charge is 0.399 e. The van der Waals surface area contributed by atoms with Crippen molar-refractivity contribution in [1.82, 2.24) is 0 Å². The lowest BCUT2D eigenvalue weighted by atomic mass is 10.2. The Morgan fingerprint density at radius 1 is 1.30 bits per heavy atom. The molecule has 0 aliphatic heterocycles. The smallest absolute Gasteiger partial charge is 0.0891 e. The molecule has 10 heavy (non-hydrogen) atoms. The molecular formula is C7H7NOS. The lowest BCUT2D eigenvalue weighted by Gasteiger charge is -1.90. The summed E-state index contributed by atoms with van der Waals surface area (Å²) in [6.45, 7) is 0. The van der Waals surface area contributed by atoms with Gasteiger partial charge in [0.1, 0.15) is 0 Å². The topological polar surface area (TPSA) is 43.1 Å². The van der Waals surface area contributed by atoms with E-state index in [1.807, 2.05) is 0 Å². The zero-order chi connectivity index (χ0) is 7.40. The van der Waals surface area contributed by atoms with Gasteiger partial charge in [-0.3, -0.25) is 0 Å². The molecule has 0 fully saturated rings. The van der Waals surface area contributed by atoms with Gasteiger partial charge >= 0.3 is 0 Å². The fraction of sp³-hybridized carbons (Fsp3) is 0. The number of rotatable bonds is 1. The third-order valence-electron chi connectivity index (χ3n) is 1.12. The monoisotopic (exact) mass is 153 g/mol. The van der Waals surface area contributed by atoms with Crippen molar-refractivity contribution in [2.75, 3.05) is 5.73 Å². The minimum Gasteiger partial charge on any atom is -0.399 e. The summed E-state index contributed by atoms with van der Waals surface area (Å²) in [6.07, 6.45) is 0. The van der Waals surface area contributed by atoms with Crippen LogP contribution in [-0.4, -0.2) is 9.58 Å². The molecule has 0 atom stereocenters. The van der Waals surface area contributed by atoms with E-state index >= 15 is 0 Å². The summed E-state index contributed by atoms with van der Waals surface area (Å²) in [5, 5.41) is 1.53. The SMILES string of the molecule is Nc1ccc(C=S=O)cc1.